The minimum Gasteiger partial charge on any atom is -0.394 e. The molecule has 7 atom stereocenters. The fourth-order valence-electron chi connectivity index (χ4n) is 8.23. The lowest BCUT2D eigenvalue weighted by molar-refractivity contribution is -0.302. The molecule has 0 radical (unpaired) electrons. The Kier molecular flexibility index (Phi) is 40.8. The van der Waals surface area contributed by atoms with E-state index in [1.165, 1.54) is 161 Å². The van der Waals surface area contributed by atoms with Gasteiger partial charge in [0.15, 0.2) is 6.29 Å². The fraction of sp³-hybridized carbons (Fsp3) is 0.868. The number of nitrogens with one attached hydrogen (secondary N) is 1. The lowest BCUT2D eigenvalue weighted by atomic mass is 9.99. The summed E-state index contributed by atoms with van der Waals surface area (Å²) in [6, 6.07) is -0.825. The van der Waals surface area contributed by atoms with Gasteiger partial charge in [-0.2, -0.15) is 0 Å². The Hall–Kier alpha value is -1.59. The summed E-state index contributed by atoms with van der Waals surface area (Å²) in [6.07, 6.45) is 47.7. The monoisotopic (exact) mass is 878 g/mol. The molecule has 364 valence electrons. The summed E-state index contributed by atoms with van der Waals surface area (Å²) in [6.45, 7) is 3.77. The van der Waals surface area contributed by atoms with Crippen LogP contribution in [0.3, 0.4) is 0 Å². The molecule has 1 amide bonds. The van der Waals surface area contributed by atoms with Crippen molar-refractivity contribution < 1.29 is 39.8 Å². The van der Waals surface area contributed by atoms with Gasteiger partial charge in [0.2, 0.25) is 5.91 Å². The van der Waals surface area contributed by atoms with Crippen molar-refractivity contribution in [1.82, 2.24) is 5.32 Å². The van der Waals surface area contributed by atoms with E-state index in [9.17, 15) is 30.3 Å². The van der Waals surface area contributed by atoms with Gasteiger partial charge in [-0.15, -0.1) is 0 Å². The van der Waals surface area contributed by atoms with Gasteiger partial charge in [0, 0.05) is 6.42 Å². The van der Waals surface area contributed by atoms with Crippen LogP contribution in [0, 0.1) is 0 Å². The molecule has 0 aromatic carbocycles. The third-order valence-corrected chi connectivity index (χ3v) is 12.4. The number of aliphatic hydroxyl groups excluding tert-OH is 5. The number of carbonyl (C=O) groups is 1. The molecule has 9 heteroatoms. The molecule has 0 aliphatic carbocycles. The van der Waals surface area contributed by atoms with E-state index in [-0.39, 0.29) is 12.5 Å². The summed E-state index contributed by atoms with van der Waals surface area (Å²) in [5, 5.41) is 54.3. The number of aliphatic hydroxyl groups is 5. The molecule has 1 aliphatic rings. The number of rotatable bonds is 44. The van der Waals surface area contributed by atoms with E-state index in [1.54, 1.807) is 6.08 Å². The molecule has 1 heterocycles. The fourth-order valence-corrected chi connectivity index (χ4v) is 8.23. The SMILES string of the molecule is CCCCCCCCC/C=C\CCCCCCCC(=O)NC(COC1OC(CO)C(O)C(O)C1O)C(O)/C=C/CC/C=C/CCCCCCCCCCCCCCCCCCC. The lowest BCUT2D eigenvalue weighted by Crippen LogP contribution is -2.60. The molecule has 6 N–H and O–H groups in total. The largest absolute Gasteiger partial charge is 0.394 e. The topological polar surface area (TPSA) is 149 Å². The minimum absolute atomic E-state index is 0.194. The van der Waals surface area contributed by atoms with Crippen LogP contribution < -0.4 is 5.32 Å². The van der Waals surface area contributed by atoms with Crippen molar-refractivity contribution in [2.45, 2.75) is 281 Å². The van der Waals surface area contributed by atoms with Crippen molar-refractivity contribution in [2.24, 2.45) is 0 Å². The third-order valence-electron chi connectivity index (χ3n) is 12.4. The summed E-state index contributed by atoms with van der Waals surface area (Å²) in [4.78, 5) is 13.0. The van der Waals surface area contributed by atoms with E-state index in [2.05, 4.69) is 43.5 Å². The smallest absolute Gasteiger partial charge is 0.220 e. The predicted octanol–water partition coefficient (Wildman–Crippen LogP) is 12.0. The van der Waals surface area contributed by atoms with Crippen LogP contribution >= 0.6 is 0 Å². The van der Waals surface area contributed by atoms with E-state index in [4.69, 9.17) is 9.47 Å². The number of hydrogen-bond acceptors (Lipinski definition) is 8. The standard InChI is InChI=1S/C53H99NO8/c1-3-5-7-9-11-13-15-17-19-21-22-23-24-25-26-27-28-30-32-34-36-38-40-42-47(56)46(45-61-53-52(60)51(59)50(58)48(44-55)62-53)54-49(57)43-41-39-37-35-33-31-29-20-18-16-14-12-10-8-6-4-2/h20,29,32,34,40,42,46-48,50-53,55-56,58-60H,3-19,21-28,30-31,33,35-39,41,43-45H2,1-2H3,(H,54,57)/b29-20-,34-32+,42-40+. The third kappa shape index (κ3) is 33.0. The summed E-state index contributed by atoms with van der Waals surface area (Å²) in [7, 11) is 0. The molecule has 1 fully saturated rings. The van der Waals surface area contributed by atoms with Gasteiger partial charge in [0.1, 0.15) is 24.4 Å². The van der Waals surface area contributed by atoms with E-state index in [0.29, 0.717) is 6.42 Å². The van der Waals surface area contributed by atoms with Crippen molar-refractivity contribution in [3.05, 3.63) is 36.5 Å². The maximum absolute atomic E-state index is 13.0. The first-order chi connectivity index (χ1) is 30.3. The van der Waals surface area contributed by atoms with Crippen molar-refractivity contribution in [3.8, 4) is 0 Å². The number of allylic oxidation sites excluding steroid dienone is 5. The Balaban J connectivity index is 2.31. The van der Waals surface area contributed by atoms with Crippen LogP contribution in [-0.4, -0.2) is 87.5 Å². The molecule has 0 saturated carbocycles. The van der Waals surface area contributed by atoms with Gasteiger partial charge >= 0.3 is 0 Å². The van der Waals surface area contributed by atoms with Crippen molar-refractivity contribution in [2.75, 3.05) is 13.2 Å². The molecule has 1 aliphatic heterocycles. The Labute approximate surface area is 381 Å². The normalized spacial score (nSPS) is 20.5. The van der Waals surface area contributed by atoms with Gasteiger partial charge < -0.3 is 40.3 Å². The van der Waals surface area contributed by atoms with Crippen LogP contribution in [0.5, 0.6) is 0 Å². The summed E-state index contributed by atoms with van der Waals surface area (Å²) in [5.74, 6) is -0.194. The zero-order valence-corrected chi connectivity index (χ0v) is 40.1. The van der Waals surface area contributed by atoms with Crippen LogP contribution in [0.25, 0.3) is 0 Å². The number of carbonyl (C=O) groups excluding carboxylic acids is 1. The quantitative estimate of drug-likeness (QED) is 0.0262. The highest BCUT2D eigenvalue weighted by Crippen LogP contribution is 2.23. The minimum atomic E-state index is -1.57. The first kappa shape index (κ1) is 58.4. The summed E-state index contributed by atoms with van der Waals surface area (Å²) >= 11 is 0. The molecule has 62 heavy (non-hydrogen) atoms. The van der Waals surface area contributed by atoms with E-state index < -0.39 is 49.5 Å². The lowest BCUT2D eigenvalue weighted by Gasteiger charge is -2.40. The highest BCUT2D eigenvalue weighted by atomic mass is 16.7. The molecule has 1 saturated heterocycles. The number of hydrogen-bond donors (Lipinski definition) is 6. The van der Waals surface area contributed by atoms with Crippen LogP contribution in [0.1, 0.15) is 239 Å². The van der Waals surface area contributed by atoms with Gasteiger partial charge in [-0.1, -0.05) is 211 Å². The zero-order valence-electron chi connectivity index (χ0n) is 40.1. The second kappa shape index (κ2) is 43.3. The summed E-state index contributed by atoms with van der Waals surface area (Å²) in [5.41, 5.74) is 0. The molecule has 0 bridgehead atoms. The Morgan fingerprint density at radius 2 is 0.919 bits per heavy atom. The maximum Gasteiger partial charge on any atom is 0.220 e. The second-order valence-electron chi connectivity index (χ2n) is 18.3. The van der Waals surface area contributed by atoms with Crippen LogP contribution in [0.2, 0.25) is 0 Å². The van der Waals surface area contributed by atoms with Crippen LogP contribution in [0.4, 0.5) is 0 Å². The van der Waals surface area contributed by atoms with Crippen molar-refractivity contribution in [3.63, 3.8) is 0 Å². The van der Waals surface area contributed by atoms with Crippen LogP contribution in [-0.2, 0) is 14.3 Å². The molecule has 7 unspecified atom stereocenters. The first-order valence-electron chi connectivity index (χ1n) is 26.2. The van der Waals surface area contributed by atoms with Crippen LogP contribution in [0.15, 0.2) is 36.5 Å². The van der Waals surface area contributed by atoms with Crippen molar-refractivity contribution >= 4 is 5.91 Å². The highest BCUT2D eigenvalue weighted by molar-refractivity contribution is 5.76. The molecule has 0 aromatic heterocycles. The van der Waals surface area contributed by atoms with E-state index >= 15 is 0 Å². The maximum atomic E-state index is 13.0. The number of unbranched alkanes of at least 4 members (excludes halogenated alkanes) is 30. The Morgan fingerprint density at radius 1 is 0.532 bits per heavy atom. The van der Waals surface area contributed by atoms with Gasteiger partial charge in [0.05, 0.1) is 25.4 Å². The van der Waals surface area contributed by atoms with Gasteiger partial charge in [-0.3, -0.25) is 4.79 Å². The predicted molar refractivity (Wildman–Crippen MR) is 258 cm³/mol. The Bertz CT molecular complexity index is 1070. The molecular weight excluding hydrogens is 779 g/mol. The molecule has 1 rings (SSSR count). The highest BCUT2D eigenvalue weighted by Gasteiger charge is 2.44. The van der Waals surface area contributed by atoms with E-state index in [1.807, 2.05) is 6.08 Å². The average molecular weight is 878 g/mol. The van der Waals surface area contributed by atoms with E-state index in [0.717, 1.165) is 57.8 Å². The van der Waals surface area contributed by atoms with Gasteiger partial charge in [-0.05, 0) is 57.8 Å². The molecule has 9 nitrogen and oxygen atoms in total. The second-order valence-corrected chi connectivity index (χ2v) is 18.3. The van der Waals surface area contributed by atoms with Gasteiger partial charge in [0.25, 0.3) is 0 Å². The first-order valence-corrected chi connectivity index (χ1v) is 26.2. The molecule has 0 spiro atoms. The number of amides is 1. The molecule has 0 aromatic rings. The zero-order chi connectivity index (χ0) is 45.1. The number of ether oxygens (including phenoxy) is 2. The Morgan fingerprint density at radius 3 is 1.35 bits per heavy atom. The molecular formula is C53H99NO8. The average Bonchev–Trinajstić information content (AvgIpc) is 3.27. The van der Waals surface area contributed by atoms with Gasteiger partial charge in [-0.25, -0.2) is 0 Å². The summed E-state index contributed by atoms with van der Waals surface area (Å²) < 4.78 is 11.2. The van der Waals surface area contributed by atoms with Crippen molar-refractivity contribution in [1.29, 1.82) is 0 Å².